The van der Waals surface area contributed by atoms with Gasteiger partial charge in [0, 0.05) is 10.4 Å². The second-order valence-electron chi connectivity index (χ2n) is 5.13. The van der Waals surface area contributed by atoms with Crippen LogP contribution in [0.3, 0.4) is 0 Å². The molecule has 0 spiro atoms. The van der Waals surface area contributed by atoms with Crippen molar-refractivity contribution in [1.29, 1.82) is 0 Å². The summed E-state index contributed by atoms with van der Waals surface area (Å²) >= 11 is 1.42. The summed E-state index contributed by atoms with van der Waals surface area (Å²) in [4.78, 5) is 24.3. The number of aryl methyl sites for hydroxylation is 2. The van der Waals surface area contributed by atoms with Crippen molar-refractivity contribution in [1.82, 2.24) is 10.5 Å². The first-order chi connectivity index (χ1) is 10.4. The Morgan fingerprint density at radius 1 is 1.45 bits per heavy atom. The van der Waals surface area contributed by atoms with Crippen LogP contribution in [0.1, 0.15) is 47.2 Å². The average Bonchev–Trinajstić information content (AvgIpc) is 3.07. The molecule has 0 radical (unpaired) electrons. The van der Waals surface area contributed by atoms with E-state index in [1.54, 1.807) is 20.8 Å². The largest absolute Gasteiger partial charge is 0.481 e. The third kappa shape index (κ3) is 3.54. The summed E-state index contributed by atoms with van der Waals surface area (Å²) in [6.07, 6.45) is -0.152. The Morgan fingerprint density at radius 3 is 2.68 bits per heavy atom. The van der Waals surface area contributed by atoms with Crippen molar-refractivity contribution in [2.24, 2.45) is 0 Å². The van der Waals surface area contributed by atoms with E-state index in [0.717, 1.165) is 10.4 Å². The Labute approximate surface area is 132 Å². The summed E-state index contributed by atoms with van der Waals surface area (Å²) in [5.74, 6) is -1.05. The van der Waals surface area contributed by atoms with E-state index in [4.69, 9.17) is 9.63 Å². The van der Waals surface area contributed by atoms with E-state index in [2.05, 4.69) is 10.5 Å². The predicted molar refractivity (Wildman–Crippen MR) is 81.8 cm³/mol. The van der Waals surface area contributed by atoms with Gasteiger partial charge in [0.15, 0.2) is 0 Å². The molecule has 0 bridgehead atoms. The fourth-order valence-electron chi connectivity index (χ4n) is 2.42. The highest BCUT2D eigenvalue weighted by Crippen LogP contribution is 2.26. The SMILES string of the molecule is Cc1noc(C)c1[C@H](C)C(=O)N[C@H](CC(=O)O)c1cccs1. The lowest BCUT2D eigenvalue weighted by Gasteiger charge is -2.19. The predicted octanol–water partition coefficient (Wildman–Crippen LogP) is 2.79. The first-order valence-electron chi connectivity index (χ1n) is 6.88. The number of carbonyl (C=O) groups excluding carboxylic acids is 1. The molecule has 118 valence electrons. The molecule has 6 nitrogen and oxygen atoms in total. The van der Waals surface area contributed by atoms with Gasteiger partial charge in [0.25, 0.3) is 0 Å². The number of carbonyl (C=O) groups is 2. The molecule has 2 aromatic rings. The molecular formula is C15H18N2O4S. The number of hydrogen-bond acceptors (Lipinski definition) is 5. The molecular weight excluding hydrogens is 304 g/mol. The molecule has 0 aliphatic rings. The quantitative estimate of drug-likeness (QED) is 0.853. The van der Waals surface area contributed by atoms with Crippen LogP contribution in [0.4, 0.5) is 0 Å². The third-order valence-corrected chi connectivity index (χ3v) is 4.48. The number of amides is 1. The molecule has 0 saturated carbocycles. The normalized spacial score (nSPS) is 13.6. The number of thiophene rings is 1. The van der Waals surface area contributed by atoms with E-state index in [-0.39, 0.29) is 12.3 Å². The van der Waals surface area contributed by atoms with Crippen LogP contribution in [0.15, 0.2) is 22.0 Å². The van der Waals surface area contributed by atoms with Gasteiger partial charge in [-0.05, 0) is 32.2 Å². The smallest absolute Gasteiger partial charge is 0.305 e. The van der Waals surface area contributed by atoms with E-state index in [0.29, 0.717) is 11.5 Å². The Hall–Kier alpha value is -2.15. The second-order valence-corrected chi connectivity index (χ2v) is 6.11. The number of rotatable bonds is 6. The molecule has 0 fully saturated rings. The van der Waals surface area contributed by atoms with Gasteiger partial charge in [-0.25, -0.2) is 0 Å². The van der Waals surface area contributed by atoms with Crippen molar-refractivity contribution in [3.8, 4) is 0 Å². The highest BCUT2D eigenvalue weighted by molar-refractivity contribution is 7.10. The van der Waals surface area contributed by atoms with Gasteiger partial charge >= 0.3 is 5.97 Å². The van der Waals surface area contributed by atoms with E-state index in [9.17, 15) is 9.59 Å². The van der Waals surface area contributed by atoms with Crippen LogP contribution in [-0.2, 0) is 9.59 Å². The fourth-order valence-corrected chi connectivity index (χ4v) is 3.20. The third-order valence-electron chi connectivity index (χ3n) is 3.50. The Morgan fingerprint density at radius 2 is 2.18 bits per heavy atom. The molecule has 7 heteroatoms. The molecule has 1 amide bonds. The van der Waals surface area contributed by atoms with E-state index in [1.807, 2.05) is 17.5 Å². The fraction of sp³-hybridized carbons (Fsp3) is 0.400. The molecule has 2 heterocycles. The first kappa shape index (κ1) is 16.2. The Bertz CT molecular complexity index is 644. The van der Waals surface area contributed by atoms with E-state index < -0.39 is 17.9 Å². The maximum absolute atomic E-state index is 12.5. The molecule has 0 aromatic carbocycles. The lowest BCUT2D eigenvalue weighted by atomic mass is 9.98. The zero-order chi connectivity index (χ0) is 16.3. The number of nitrogens with one attached hydrogen (secondary N) is 1. The van der Waals surface area contributed by atoms with E-state index in [1.165, 1.54) is 11.3 Å². The minimum atomic E-state index is -0.955. The highest BCUT2D eigenvalue weighted by Gasteiger charge is 2.26. The van der Waals surface area contributed by atoms with Gasteiger partial charge in [-0.3, -0.25) is 9.59 Å². The molecule has 2 N–H and O–H groups in total. The highest BCUT2D eigenvalue weighted by atomic mass is 32.1. The number of hydrogen-bond donors (Lipinski definition) is 2. The summed E-state index contributed by atoms with van der Waals surface area (Å²) in [7, 11) is 0. The summed E-state index contributed by atoms with van der Waals surface area (Å²) in [6, 6.07) is 3.12. The maximum atomic E-state index is 12.5. The minimum Gasteiger partial charge on any atom is -0.481 e. The molecule has 0 aliphatic heterocycles. The van der Waals surface area contributed by atoms with E-state index >= 15 is 0 Å². The van der Waals surface area contributed by atoms with Gasteiger partial charge in [-0.1, -0.05) is 11.2 Å². The van der Waals surface area contributed by atoms with Gasteiger partial charge < -0.3 is 14.9 Å². The standard InChI is InChI=1S/C15H18N2O4S/c1-8(14-9(2)17-21-10(14)3)15(20)16-11(7-13(18)19)12-5-4-6-22-12/h4-6,8,11H,7H2,1-3H3,(H,16,20)(H,18,19)/t8-,11+/m0/s1. The van der Waals surface area contributed by atoms with Crippen LogP contribution >= 0.6 is 11.3 Å². The molecule has 2 atom stereocenters. The molecule has 0 saturated heterocycles. The van der Waals surface area contributed by atoms with Crippen LogP contribution in [0, 0.1) is 13.8 Å². The summed E-state index contributed by atoms with van der Waals surface area (Å²) in [5, 5.41) is 17.6. The number of carboxylic acids is 1. The monoisotopic (exact) mass is 322 g/mol. The van der Waals surface area contributed by atoms with Crippen molar-refractivity contribution in [3.05, 3.63) is 39.4 Å². The summed E-state index contributed by atoms with van der Waals surface area (Å²) in [5.41, 5.74) is 1.42. The van der Waals surface area contributed by atoms with Crippen LogP contribution in [-0.4, -0.2) is 22.1 Å². The number of aromatic nitrogens is 1. The van der Waals surface area contributed by atoms with Crippen molar-refractivity contribution in [3.63, 3.8) is 0 Å². The summed E-state index contributed by atoms with van der Waals surface area (Å²) < 4.78 is 5.09. The average molecular weight is 322 g/mol. The number of aliphatic carboxylic acids is 1. The van der Waals surface area contributed by atoms with Crippen LogP contribution in [0.25, 0.3) is 0 Å². The van der Waals surface area contributed by atoms with Crippen molar-refractivity contribution >= 4 is 23.2 Å². The molecule has 0 aliphatic carbocycles. The van der Waals surface area contributed by atoms with Crippen molar-refractivity contribution < 1.29 is 19.2 Å². The summed E-state index contributed by atoms with van der Waals surface area (Å²) in [6.45, 7) is 5.30. The Kier molecular flexibility index (Phi) is 4.97. The van der Waals surface area contributed by atoms with Crippen molar-refractivity contribution in [2.75, 3.05) is 0 Å². The van der Waals surface area contributed by atoms with Crippen LogP contribution < -0.4 is 5.32 Å². The van der Waals surface area contributed by atoms with Crippen LogP contribution in [0.5, 0.6) is 0 Å². The number of nitrogens with zero attached hydrogens (tertiary/aromatic N) is 1. The Balaban J connectivity index is 2.16. The van der Waals surface area contributed by atoms with Gasteiger partial charge in [-0.15, -0.1) is 11.3 Å². The van der Waals surface area contributed by atoms with Gasteiger partial charge in [0.05, 0.1) is 24.1 Å². The maximum Gasteiger partial charge on any atom is 0.305 e. The minimum absolute atomic E-state index is 0.152. The van der Waals surface area contributed by atoms with Gasteiger partial charge in [0.1, 0.15) is 5.76 Å². The van der Waals surface area contributed by atoms with Gasteiger partial charge in [-0.2, -0.15) is 0 Å². The second kappa shape index (κ2) is 6.74. The van der Waals surface area contributed by atoms with Crippen molar-refractivity contribution in [2.45, 2.75) is 39.2 Å². The molecule has 2 aromatic heterocycles. The molecule has 2 rings (SSSR count). The van der Waals surface area contributed by atoms with Crippen LogP contribution in [0.2, 0.25) is 0 Å². The lowest BCUT2D eigenvalue weighted by Crippen LogP contribution is -2.33. The molecule has 22 heavy (non-hydrogen) atoms. The molecule has 0 unspecified atom stereocenters. The topological polar surface area (TPSA) is 92.4 Å². The zero-order valence-electron chi connectivity index (χ0n) is 12.6. The van der Waals surface area contributed by atoms with Gasteiger partial charge in [0.2, 0.25) is 5.91 Å². The lowest BCUT2D eigenvalue weighted by molar-refractivity contribution is -0.137. The number of carboxylic acid groups (broad SMARTS) is 1. The first-order valence-corrected chi connectivity index (χ1v) is 7.76. The zero-order valence-corrected chi connectivity index (χ0v) is 13.4.